The van der Waals surface area contributed by atoms with Crippen molar-refractivity contribution >= 4 is 17.6 Å². The number of aromatic carboxylic acids is 1. The van der Waals surface area contributed by atoms with Crippen molar-refractivity contribution < 1.29 is 14.6 Å². The summed E-state index contributed by atoms with van der Waals surface area (Å²) in [6.07, 6.45) is 0. The number of rotatable bonds is 2. The van der Waals surface area contributed by atoms with E-state index in [0.29, 0.717) is 22.0 Å². The number of carboxylic acid groups (broad SMARTS) is 1. The topological polar surface area (TPSA) is 59.4 Å². The van der Waals surface area contributed by atoms with Crippen LogP contribution in [0.4, 0.5) is 0 Å². The maximum Gasteiger partial charge on any atom is 0.354 e. The Morgan fingerprint density at radius 2 is 2.07 bits per heavy atom. The summed E-state index contributed by atoms with van der Waals surface area (Å²) in [5.41, 5.74) is 0.867. The Morgan fingerprint density at radius 1 is 1.50 bits per heavy atom. The van der Waals surface area contributed by atoms with Crippen LogP contribution in [0.15, 0.2) is 0 Å². The third-order valence-electron chi connectivity index (χ3n) is 1.90. The number of carboxylic acids is 1. The number of pyridine rings is 1. The molecule has 4 nitrogen and oxygen atoms in total. The van der Waals surface area contributed by atoms with E-state index in [1.54, 1.807) is 13.8 Å². The minimum Gasteiger partial charge on any atom is -0.495 e. The molecule has 1 rings (SSSR count). The lowest BCUT2D eigenvalue weighted by Gasteiger charge is -2.10. The van der Waals surface area contributed by atoms with E-state index in [-0.39, 0.29) is 5.69 Å². The Morgan fingerprint density at radius 3 is 2.50 bits per heavy atom. The average molecular weight is 216 g/mol. The zero-order valence-corrected chi connectivity index (χ0v) is 8.84. The third kappa shape index (κ3) is 1.65. The van der Waals surface area contributed by atoms with Gasteiger partial charge in [-0.3, -0.25) is 0 Å². The van der Waals surface area contributed by atoms with Gasteiger partial charge in [-0.05, 0) is 13.8 Å². The zero-order chi connectivity index (χ0) is 10.9. The first kappa shape index (κ1) is 10.8. The number of hydrogen-bond donors (Lipinski definition) is 1. The molecule has 0 saturated carbocycles. The third-order valence-corrected chi connectivity index (χ3v) is 2.34. The van der Waals surface area contributed by atoms with Crippen LogP contribution >= 0.6 is 11.6 Å². The first-order valence-electron chi connectivity index (χ1n) is 3.93. The number of halogens is 1. The van der Waals surface area contributed by atoms with Gasteiger partial charge in [-0.15, -0.1) is 0 Å². The fourth-order valence-corrected chi connectivity index (χ4v) is 1.45. The first-order valence-corrected chi connectivity index (χ1v) is 4.30. The number of carbonyl (C=O) groups is 1. The van der Waals surface area contributed by atoms with Gasteiger partial charge in [-0.1, -0.05) is 11.6 Å². The molecule has 1 aromatic heterocycles. The highest BCUT2D eigenvalue weighted by molar-refractivity contribution is 6.32. The molecule has 76 valence electrons. The molecule has 0 aliphatic rings. The van der Waals surface area contributed by atoms with Crippen molar-refractivity contribution in [3.63, 3.8) is 0 Å². The Bertz CT molecular complexity index is 390. The highest BCUT2D eigenvalue weighted by Crippen LogP contribution is 2.31. The molecule has 0 aromatic carbocycles. The second kappa shape index (κ2) is 3.84. The standard InChI is InChI=1S/C9H10ClNO3/c1-4-7(9(12)13)11-5(2)6(10)8(4)14-3/h1-3H3,(H,12,13). The van der Waals surface area contributed by atoms with E-state index >= 15 is 0 Å². The van der Waals surface area contributed by atoms with Gasteiger partial charge in [-0.25, -0.2) is 9.78 Å². The highest BCUT2D eigenvalue weighted by Gasteiger charge is 2.18. The number of nitrogens with zero attached hydrogens (tertiary/aromatic N) is 1. The summed E-state index contributed by atoms with van der Waals surface area (Å²) in [6.45, 7) is 3.25. The molecule has 0 bridgehead atoms. The quantitative estimate of drug-likeness (QED) is 0.821. The van der Waals surface area contributed by atoms with E-state index in [2.05, 4.69) is 4.98 Å². The number of methoxy groups -OCH3 is 1. The zero-order valence-electron chi connectivity index (χ0n) is 8.09. The molecule has 0 amide bonds. The van der Waals surface area contributed by atoms with Crippen LogP contribution in [-0.4, -0.2) is 23.2 Å². The van der Waals surface area contributed by atoms with Crippen LogP contribution in [0, 0.1) is 13.8 Å². The largest absolute Gasteiger partial charge is 0.495 e. The molecule has 0 spiro atoms. The van der Waals surface area contributed by atoms with Gasteiger partial charge in [-0.2, -0.15) is 0 Å². The van der Waals surface area contributed by atoms with E-state index < -0.39 is 5.97 Å². The molecule has 0 unspecified atom stereocenters. The summed E-state index contributed by atoms with van der Waals surface area (Å²) in [6, 6.07) is 0. The predicted molar refractivity (Wildman–Crippen MR) is 52.2 cm³/mol. The summed E-state index contributed by atoms with van der Waals surface area (Å²) in [5, 5.41) is 9.20. The molecule has 0 radical (unpaired) electrons. The molecule has 0 saturated heterocycles. The van der Waals surface area contributed by atoms with Gasteiger partial charge in [0.05, 0.1) is 12.8 Å². The van der Waals surface area contributed by atoms with Crippen LogP contribution in [0.25, 0.3) is 0 Å². The van der Waals surface area contributed by atoms with Crippen LogP contribution in [0.1, 0.15) is 21.7 Å². The van der Waals surface area contributed by atoms with Crippen LogP contribution in [0.5, 0.6) is 5.75 Å². The molecule has 5 heteroatoms. The molecule has 1 aromatic rings. The van der Waals surface area contributed by atoms with E-state index in [0.717, 1.165) is 0 Å². The molecule has 0 fully saturated rings. The Labute approximate surface area is 86.5 Å². The van der Waals surface area contributed by atoms with Crippen molar-refractivity contribution in [2.24, 2.45) is 0 Å². The molecular weight excluding hydrogens is 206 g/mol. The molecular formula is C9H10ClNO3. The van der Waals surface area contributed by atoms with Crippen LogP contribution in [0.2, 0.25) is 5.02 Å². The van der Waals surface area contributed by atoms with E-state index in [1.807, 2.05) is 0 Å². The SMILES string of the molecule is COc1c(C)c(C(=O)O)nc(C)c1Cl. The summed E-state index contributed by atoms with van der Waals surface area (Å²) >= 11 is 5.89. The molecule has 0 atom stereocenters. The van der Waals surface area contributed by atoms with Gasteiger partial charge in [0.15, 0.2) is 5.69 Å². The van der Waals surface area contributed by atoms with Gasteiger partial charge >= 0.3 is 5.97 Å². The van der Waals surface area contributed by atoms with Gasteiger partial charge in [0.2, 0.25) is 0 Å². The Kier molecular flexibility index (Phi) is 2.96. The lowest BCUT2D eigenvalue weighted by Crippen LogP contribution is -2.07. The summed E-state index contributed by atoms with van der Waals surface area (Å²) in [4.78, 5) is 14.7. The number of ether oxygens (including phenoxy) is 1. The van der Waals surface area contributed by atoms with E-state index in [4.69, 9.17) is 21.4 Å². The Balaban J connectivity index is 3.50. The molecule has 1 heterocycles. The maximum atomic E-state index is 10.8. The number of hydrogen-bond acceptors (Lipinski definition) is 3. The maximum absolute atomic E-state index is 10.8. The van der Waals surface area contributed by atoms with Crippen LogP contribution in [0.3, 0.4) is 0 Å². The summed E-state index contributed by atoms with van der Waals surface area (Å²) < 4.78 is 5.01. The minimum absolute atomic E-state index is 0.0243. The second-order valence-corrected chi connectivity index (χ2v) is 3.20. The molecule has 0 aliphatic heterocycles. The summed E-state index contributed by atoms with van der Waals surface area (Å²) in [5.74, 6) is -0.711. The van der Waals surface area contributed by atoms with Gasteiger partial charge in [0.25, 0.3) is 0 Å². The highest BCUT2D eigenvalue weighted by atomic mass is 35.5. The summed E-state index contributed by atoms with van der Waals surface area (Å²) in [7, 11) is 1.44. The van der Waals surface area contributed by atoms with Gasteiger partial charge < -0.3 is 9.84 Å². The van der Waals surface area contributed by atoms with E-state index in [9.17, 15) is 4.79 Å². The minimum atomic E-state index is -1.08. The predicted octanol–water partition coefficient (Wildman–Crippen LogP) is 2.06. The van der Waals surface area contributed by atoms with Crippen molar-refractivity contribution in [3.05, 3.63) is 22.0 Å². The van der Waals surface area contributed by atoms with Crippen molar-refractivity contribution in [1.29, 1.82) is 0 Å². The van der Waals surface area contributed by atoms with Crippen molar-refractivity contribution in [3.8, 4) is 5.75 Å². The van der Waals surface area contributed by atoms with Crippen molar-refractivity contribution in [2.45, 2.75) is 13.8 Å². The average Bonchev–Trinajstić information content (AvgIpc) is 2.12. The van der Waals surface area contributed by atoms with Crippen molar-refractivity contribution in [2.75, 3.05) is 7.11 Å². The lowest BCUT2D eigenvalue weighted by atomic mass is 10.1. The van der Waals surface area contributed by atoms with Gasteiger partial charge in [0.1, 0.15) is 10.8 Å². The van der Waals surface area contributed by atoms with Gasteiger partial charge in [0, 0.05) is 5.56 Å². The normalized spacial score (nSPS) is 10.0. The first-order chi connectivity index (χ1) is 6.49. The lowest BCUT2D eigenvalue weighted by molar-refractivity contribution is 0.0689. The smallest absolute Gasteiger partial charge is 0.354 e. The molecule has 0 aliphatic carbocycles. The van der Waals surface area contributed by atoms with E-state index in [1.165, 1.54) is 7.11 Å². The molecule has 1 N–H and O–H groups in total. The molecule has 14 heavy (non-hydrogen) atoms. The van der Waals surface area contributed by atoms with Crippen LogP contribution < -0.4 is 4.74 Å². The number of aromatic nitrogens is 1. The monoisotopic (exact) mass is 215 g/mol. The Hall–Kier alpha value is -1.29. The second-order valence-electron chi connectivity index (χ2n) is 2.82. The fourth-order valence-electron chi connectivity index (χ4n) is 1.19. The number of aryl methyl sites for hydroxylation is 1. The van der Waals surface area contributed by atoms with Crippen LogP contribution in [-0.2, 0) is 0 Å². The fraction of sp³-hybridized carbons (Fsp3) is 0.333. The van der Waals surface area contributed by atoms with Crippen molar-refractivity contribution in [1.82, 2.24) is 4.98 Å².